The van der Waals surface area contributed by atoms with Crippen molar-refractivity contribution in [3.8, 4) is 6.07 Å². The number of thioether (sulfide) groups is 1. The number of hydrogen-bond acceptors (Lipinski definition) is 6. The summed E-state index contributed by atoms with van der Waals surface area (Å²) < 4.78 is 9.05. The Bertz CT molecular complexity index is 1270. The van der Waals surface area contributed by atoms with E-state index in [1.807, 2.05) is 59.9 Å². The molecular weight excluding hydrogens is 398 g/mol. The van der Waals surface area contributed by atoms with Gasteiger partial charge in [-0.3, -0.25) is 13.8 Å². The molecule has 0 N–H and O–H groups in total. The summed E-state index contributed by atoms with van der Waals surface area (Å²) in [5.74, 6) is 1.22. The van der Waals surface area contributed by atoms with Crippen molar-refractivity contribution in [1.82, 2.24) is 19.2 Å². The second kappa shape index (κ2) is 9.11. The lowest BCUT2D eigenvalue weighted by Crippen LogP contribution is -2.24. The molecule has 0 aliphatic rings. The van der Waals surface area contributed by atoms with Crippen molar-refractivity contribution in [1.29, 1.82) is 5.26 Å². The van der Waals surface area contributed by atoms with E-state index in [2.05, 4.69) is 16.3 Å². The summed E-state index contributed by atoms with van der Waals surface area (Å²) in [6, 6.07) is 17.2. The molecule has 2 aromatic carbocycles. The van der Waals surface area contributed by atoms with Gasteiger partial charge in [0.15, 0.2) is 5.16 Å². The summed E-state index contributed by atoms with van der Waals surface area (Å²) in [7, 11) is 0. The number of aromatic nitrogens is 4. The van der Waals surface area contributed by atoms with Gasteiger partial charge in [-0.2, -0.15) is 5.26 Å². The van der Waals surface area contributed by atoms with Gasteiger partial charge in [-0.05, 0) is 43.2 Å². The van der Waals surface area contributed by atoms with Crippen LogP contribution in [0.25, 0.3) is 16.7 Å². The van der Waals surface area contributed by atoms with E-state index < -0.39 is 0 Å². The highest BCUT2D eigenvalue weighted by atomic mass is 32.2. The lowest BCUT2D eigenvalue weighted by Gasteiger charge is -2.11. The molecule has 0 aliphatic carbocycles. The van der Waals surface area contributed by atoms with E-state index >= 15 is 0 Å². The fourth-order valence-corrected chi connectivity index (χ4v) is 4.22. The second-order valence-electron chi connectivity index (χ2n) is 6.74. The van der Waals surface area contributed by atoms with Gasteiger partial charge >= 0.3 is 0 Å². The summed E-state index contributed by atoms with van der Waals surface area (Å²) in [5.41, 5.74) is 2.46. The fraction of sp³-hybridized carbons (Fsp3) is 0.273. The van der Waals surface area contributed by atoms with Gasteiger partial charge in [0.05, 0.1) is 22.5 Å². The fourth-order valence-electron chi connectivity index (χ4n) is 3.32. The van der Waals surface area contributed by atoms with Crippen LogP contribution in [0.5, 0.6) is 0 Å². The van der Waals surface area contributed by atoms with Crippen LogP contribution >= 0.6 is 11.8 Å². The van der Waals surface area contributed by atoms with Gasteiger partial charge in [0.1, 0.15) is 0 Å². The molecule has 7 nitrogen and oxygen atoms in total. The lowest BCUT2D eigenvalue weighted by atomic mass is 10.2. The first-order chi connectivity index (χ1) is 14.7. The van der Waals surface area contributed by atoms with Crippen molar-refractivity contribution in [3.05, 3.63) is 70.0 Å². The molecule has 0 saturated heterocycles. The maximum atomic E-state index is 13.1. The number of nitrogens with zero attached hydrogens (tertiary/aromatic N) is 5. The van der Waals surface area contributed by atoms with Crippen LogP contribution in [-0.2, 0) is 17.0 Å². The van der Waals surface area contributed by atoms with Crippen molar-refractivity contribution < 1.29 is 4.74 Å². The molecule has 0 aliphatic heterocycles. The number of nitriles is 1. The van der Waals surface area contributed by atoms with Crippen molar-refractivity contribution >= 4 is 28.4 Å². The van der Waals surface area contributed by atoms with Crippen LogP contribution in [0.2, 0.25) is 0 Å². The van der Waals surface area contributed by atoms with Gasteiger partial charge < -0.3 is 4.74 Å². The average molecular weight is 420 g/mol. The molecule has 0 bridgehead atoms. The van der Waals surface area contributed by atoms with E-state index in [1.54, 1.807) is 16.3 Å². The van der Waals surface area contributed by atoms with Gasteiger partial charge in [0.2, 0.25) is 5.78 Å². The number of ether oxygens (including phenoxy) is 1. The molecule has 2 aromatic heterocycles. The summed E-state index contributed by atoms with van der Waals surface area (Å²) >= 11 is 1.55. The monoisotopic (exact) mass is 419 g/mol. The number of hydrogen-bond donors (Lipinski definition) is 0. The van der Waals surface area contributed by atoms with Gasteiger partial charge in [0, 0.05) is 25.5 Å². The molecule has 4 aromatic rings. The zero-order valence-electron chi connectivity index (χ0n) is 16.6. The number of benzene rings is 2. The van der Waals surface area contributed by atoms with Gasteiger partial charge in [-0.1, -0.05) is 36.0 Å². The van der Waals surface area contributed by atoms with E-state index in [9.17, 15) is 4.79 Å². The first kappa shape index (κ1) is 20.1. The molecule has 2 heterocycles. The predicted molar refractivity (Wildman–Crippen MR) is 117 cm³/mol. The highest BCUT2D eigenvalue weighted by molar-refractivity contribution is 7.98. The van der Waals surface area contributed by atoms with Crippen LogP contribution in [-0.4, -0.2) is 32.4 Å². The average Bonchev–Trinajstić information content (AvgIpc) is 3.21. The number of aryl methyl sites for hydroxylation is 1. The lowest BCUT2D eigenvalue weighted by molar-refractivity contribution is 0.141. The molecule has 4 rings (SSSR count). The first-order valence-electron chi connectivity index (χ1n) is 9.79. The van der Waals surface area contributed by atoms with Crippen molar-refractivity contribution in [3.63, 3.8) is 0 Å². The van der Waals surface area contributed by atoms with Crippen LogP contribution < -0.4 is 5.56 Å². The Hall–Kier alpha value is -3.15. The minimum atomic E-state index is -0.0642. The van der Waals surface area contributed by atoms with E-state index in [1.165, 1.54) is 0 Å². The van der Waals surface area contributed by atoms with Crippen LogP contribution in [0.4, 0.5) is 0 Å². The van der Waals surface area contributed by atoms with E-state index in [0.717, 1.165) is 22.7 Å². The molecule has 30 heavy (non-hydrogen) atoms. The third-order valence-corrected chi connectivity index (χ3v) is 5.80. The second-order valence-corrected chi connectivity index (χ2v) is 7.68. The largest absolute Gasteiger partial charge is 0.382 e. The minimum absolute atomic E-state index is 0.0642. The maximum Gasteiger partial charge on any atom is 0.262 e. The van der Waals surface area contributed by atoms with Crippen LogP contribution in [0.1, 0.15) is 24.5 Å². The molecule has 0 amide bonds. The highest BCUT2D eigenvalue weighted by Crippen LogP contribution is 2.25. The zero-order chi connectivity index (χ0) is 20.9. The third kappa shape index (κ3) is 3.95. The molecule has 0 spiro atoms. The Morgan fingerprint density at radius 2 is 1.93 bits per heavy atom. The van der Waals surface area contributed by atoms with Crippen molar-refractivity contribution in [2.75, 3.05) is 13.2 Å². The molecule has 0 saturated carbocycles. The SMILES string of the molecule is CCOCCCn1c(=O)c2ccccc2n2c(SCc3ccc(C#N)cc3)nnc12. The van der Waals surface area contributed by atoms with E-state index in [0.29, 0.717) is 42.2 Å². The molecule has 8 heteroatoms. The molecule has 152 valence electrons. The van der Waals surface area contributed by atoms with Gasteiger partial charge in [0.25, 0.3) is 5.56 Å². The Kier molecular flexibility index (Phi) is 6.12. The van der Waals surface area contributed by atoms with E-state index in [-0.39, 0.29) is 5.56 Å². The first-order valence-corrected chi connectivity index (χ1v) is 10.8. The minimum Gasteiger partial charge on any atom is -0.382 e. The Morgan fingerprint density at radius 3 is 2.70 bits per heavy atom. The quantitative estimate of drug-likeness (QED) is 0.320. The predicted octanol–water partition coefficient (Wildman–Crippen LogP) is 3.63. The Balaban J connectivity index is 1.71. The van der Waals surface area contributed by atoms with Crippen LogP contribution in [0.3, 0.4) is 0 Å². The third-order valence-electron chi connectivity index (χ3n) is 4.80. The van der Waals surface area contributed by atoms with Crippen LogP contribution in [0, 0.1) is 11.3 Å². The van der Waals surface area contributed by atoms with Crippen molar-refractivity contribution in [2.24, 2.45) is 0 Å². The number of fused-ring (bicyclic) bond motifs is 3. The van der Waals surface area contributed by atoms with Crippen molar-refractivity contribution in [2.45, 2.75) is 30.8 Å². The number of rotatable bonds is 8. The molecular formula is C22H21N5O2S. The molecule has 0 atom stereocenters. The van der Waals surface area contributed by atoms with E-state index in [4.69, 9.17) is 10.00 Å². The molecule has 0 radical (unpaired) electrons. The van der Waals surface area contributed by atoms with Gasteiger partial charge in [-0.15, -0.1) is 10.2 Å². The smallest absolute Gasteiger partial charge is 0.262 e. The highest BCUT2D eigenvalue weighted by Gasteiger charge is 2.16. The summed E-state index contributed by atoms with van der Waals surface area (Å²) in [5, 5.41) is 19.0. The summed E-state index contributed by atoms with van der Waals surface area (Å²) in [4.78, 5) is 13.1. The molecule has 0 fully saturated rings. The summed E-state index contributed by atoms with van der Waals surface area (Å²) in [6.07, 6.45) is 0.725. The standard InChI is InChI=1S/C22H21N5O2S/c1-2-29-13-5-12-26-20(28)18-6-3-4-7-19(18)27-21(26)24-25-22(27)30-15-17-10-8-16(14-23)9-11-17/h3-4,6-11H,2,5,12-13,15H2,1H3. The number of para-hydroxylation sites is 1. The Morgan fingerprint density at radius 1 is 1.13 bits per heavy atom. The normalized spacial score (nSPS) is 11.2. The van der Waals surface area contributed by atoms with Gasteiger partial charge in [-0.25, -0.2) is 0 Å². The maximum absolute atomic E-state index is 13.1. The topological polar surface area (TPSA) is 85.2 Å². The zero-order valence-corrected chi connectivity index (χ0v) is 17.4. The molecule has 0 unspecified atom stereocenters. The van der Waals surface area contributed by atoms with Crippen LogP contribution in [0.15, 0.2) is 58.5 Å². The summed E-state index contributed by atoms with van der Waals surface area (Å²) in [6.45, 7) is 3.72. The Labute approximate surface area is 177 Å².